The van der Waals surface area contributed by atoms with Gasteiger partial charge in [-0.3, -0.25) is 24.5 Å². The van der Waals surface area contributed by atoms with Gasteiger partial charge in [0.15, 0.2) is 0 Å². The number of ether oxygens (including phenoxy) is 1. The summed E-state index contributed by atoms with van der Waals surface area (Å²) in [5.74, 6) is -2.05. The highest BCUT2D eigenvalue weighted by atomic mass is 16.6. The van der Waals surface area contributed by atoms with Crippen LogP contribution in [-0.4, -0.2) is 22.7 Å². The molecule has 1 aliphatic heterocycles. The zero-order valence-electron chi connectivity index (χ0n) is 14.5. The highest BCUT2D eigenvalue weighted by Gasteiger charge is 2.73. The number of nitro groups is 1. The smallest absolute Gasteiger partial charge is 0.313 e. The zero-order valence-corrected chi connectivity index (χ0v) is 14.5. The molecule has 0 aromatic heterocycles. The number of imide groups is 1. The standard InChI is InChI=1S/C19H16N2O6/c1-9(22)27-14-5-2-10(8-13(14)21(25)26)20-17(23)15-11-3-4-12(16(15)18(20)24)19(11)6-7-19/h2-5,8,11-12,15-16H,6-7H2,1H3/t11-,12+,15-,16+. The maximum atomic E-state index is 13.1. The first-order chi connectivity index (χ1) is 12.8. The van der Waals surface area contributed by atoms with Gasteiger partial charge in [0.05, 0.1) is 22.4 Å². The summed E-state index contributed by atoms with van der Waals surface area (Å²) >= 11 is 0. The minimum Gasteiger partial charge on any atom is -0.419 e. The van der Waals surface area contributed by atoms with E-state index in [0.717, 1.165) is 30.7 Å². The van der Waals surface area contributed by atoms with Crippen LogP contribution in [0.5, 0.6) is 5.75 Å². The molecule has 27 heavy (non-hydrogen) atoms. The molecule has 2 amide bonds. The van der Waals surface area contributed by atoms with Crippen molar-refractivity contribution in [2.45, 2.75) is 19.8 Å². The number of benzene rings is 1. The molecule has 1 spiro atoms. The van der Waals surface area contributed by atoms with E-state index in [1.165, 1.54) is 12.1 Å². The summed E-state index contributed by atoms with van der Waals surface area (Å²) in [5, 5.41) is 11.4. The van der Waals surface area contributed by atoms with Gasteiger partial charge in [0, 0.05) is 13.0 Å². The van der Waals surface area contributed by atoms with Crippen molar-refractivity contribution in [2.75, 3.05) is 4.90 Å². The Morgan fingerprint density at radius 3 is 2.26 bits per heavy atom. The summed E-state index contributed by atoms with van der Waals surface area (Å²) in [7, 11) is 0. The number of carbonyl (C=O) groups is 3. The maximum Gasteiger partial charge on any atom is 0.313 e. The second-order valence-corrected chi connectivity index (χ2v) is 7.74. The van der Waals surface area contributed by atoms with Crippen molar-refractivity contribution in [1.29, 1.82) is 0 Å². The van der Waals surface area contributed by atoms with Crippen molar-refractivity contribution >= 4 is 29.2 Å². The molecule has 1 aromatic carbocycles. The Hall–Kier alpha value is -3.03. The summed E-state index contributed by atoms with van der Waals surface area (Å²) in [6.45, 7) is 1.14. The molecule has 138 valence electrons. The number of anilines is 1. The molecular formula is C19H16N2O6. The monoisotopic (exact) mass is 368 g/mol. The minimum absolute atomic E-state index is 0.0873. The van der Waals surface area contributed by atoms with E-state index < -0.39 is 16.6 Å². The SMILES string of the molecule is CC(=O)Oc1ccc(N2C(=O)[C@@H]3[C@H](C2=O)[C@H]2C=C[C@@H]3C23CC3)cc1[N+](=O)[O-]. The highest BCUT2D eigenvalue weighted by molar-refractivity contribution is 6.23. The number of fused-ring (bicyclic) bond motifs is 3. The third-order valence-electron chi connectivity index (χ3n) is 6.50. The van der Waals surface area contributed by atoms with E-state index in [1.54, 1.807) is 0 Å². The molecular weight excluding hydrogens is 352 g/mol. The number of carbonyl (C=O) groups excluding carboxylic acids is 3. The quantitative estimate of drug-likeness (QED) is 0.202. The Kier molecular flexibility index (Phi) is 3.01. The number of hydrogen-bond donors (Lipinski definition) is 0. The second-order valence-electron chi connectivity index (χ2n) is 7.74. The lowest BCUT2D eigenvalue weighted by Gasteiger charge is -2.21. The number of esters is 1. The van der Waals surface area contributed by atoms with Crippen LogP contribution in [0.2, 0.25) is 0 Å². The van der Waals surface area contributed by atoms with Crippen LogP contribution in [0.4, 0.5) is 11.4 Å². The van der Waals surface area contributed by atoms with Gasteiger partial charge in [-0.05, 0) is 42.2 Å². The number of nitro benzene ring substituents is 1. The van der Waals surface area contributed by atoms with Crippen molar-refractivity contribution in [3.63, 3.8) is 0 Å². The summed E-state index contributed by atoms with van der Waals surface area (Å²) in [6, 6.07) is 3.78. The first kappa shape index (κ1) is 16.2. The number of hydrogen-bond acceptors (Lipinski definition) is 6. The summed E-state index contributed by atoms with van der Waals surface area (Å²) in [4.78, 5) is 49.0. The topological polar surface area (TPSA) is 107 Å². The van der Waals surface area contributed by atoms with E-state index in [-0.39, 0.29) is 52.3 Å². The van der Waals surface area contributed by atoms with Crippen molar-refractivity contribution < 1.29 is 24.0 Å². The van der Waals surface area contributed by atoms with Gasteiger partial charge in [-0.25, -0.2) is 4.90 Å². The van der Waals surface area contributed by atoms with Crippen LogP contribution < -0.4 is 9.64 Å². The largest absolute Gasteiger partial charge is 0.419 e. The van der Waals surface area contributed by atoms with E-state index in [0.29, 0.717) is 0 Å². The van der Waals surface area contributed by atoms with Gasteiger partial charge >= 0.3 is 11.7 Å². The highest BCUT2D eigenvalue weighted by Crippen LogP contribution is 2.73. The molecule has 4 atom stereocenters. The molecule has 3 aliphatic carbocycles. The van der Waals surface area contributed by atoms with Crippen LogP contribution in [-0.2, 0) is 14.4 Å². The summed E-state index contributed by atoms with van der Waals surface area (Å²) in [6.07, 6.45) is 6.23. The van der Waals surface area contributed by atoms with Crippen LogP contribution in [0, 0.1) is 39.2 Å². The Morgan fingerprint density at radius 1 is 1.19 bits per heavy atom. The second kappa shape index (κ2) is 5.03. The molecule has 0 N–H and O–H groups in total. The summed E-state index contributed by atoms with van der Waals surface area (Å²) in [5.41, 5.74) is -0.218. The van der Waals surface area contributed by atoms with Gasteiger partial charge in [-0.15, -0.1) is 0 Å². The number of amides is 2. The fourth-order valence-electron chi connectivity index (χ4n) is 5.36. The number of allylic oxidation sites excluding steroid dienone is 2. The molecule has 8 heteroatoms. The molecule has 2 saturated carbocycles. The van der Waals surface area contributed by atoms with E-state index in [9.17, 15) is 24.5 Å². The van der Waals surface area contributed by atoms with Gasteiger partial charge in [0.25, 0.3) is 0 Å². The third kappa shape index (κ3) is 1.95. The third-order valence-corrected chi connectivity index (χ3v) is 6.50. The molecule has 0 unspecified atom stereocenters. The lowest BCUT2D eigenvalue weighted by molar-refractivity contribution is -0.385. The molecule has 8 nitrogen and oxygen atoms in total. The normalized spacial score (nSPS) is 31.5. The average Bonchev–Trinajstić information content (AvgIpc) is 3.20. The van der Waals surface area contributed by atoms with Gasteiger partial charge in [0.1, 0.15) is 0 Å². The molecule has 2 bridgehead atoms. The Morgan fingerprint density at radius 2 is 1.78 bits per heavy atom. The minimum atomic E-state index is -0.696. The first-order valence-electron chi connectivity index (χ1n) is 8.88. The van der Waals surface area contributed by atoms with Crippen LogP contribution in [0.1, 0.15) is 19.8 Å². The molecule has 0 radical (unpaired) electrons. The van der Waals surface area contributed by atoms with Crippen LogP contribution >= 0.6 is 0 Å². The Labute approximate surface area is 153 Å². The molecule has 1 saturated heterocycles. The molecule has 1 aromatic rings. The first-order valence-corrected chi connectivity index (χ1v) is 8.88. The number of rotatable bonds is 3. The van der Waals surface area contributed by atoms with E-state index in [2.05, 4.69) is 12.2 Å². The van der Waals surface area contributed by atoms with Gasteiger partial charge in [0.2, 0.25) is 17.6 Å². The fraction of sp³-hybridized carbons (Fsp3) is 0.421. The lowest BCUT2D eigenvalue weighted by atomic mass is 9.85. The summed E-state index contributed by atoms with van der Waals surface area (Å²) < 4.78 is 4.85. The fourth-order valence-corrected chi connectivity index (χ4v) is 5.36. The Balaban J connectivity index is 1.52. The van der Waals surface area contributed by atoms with Crippen molar-refractivity contribution in [1.82, 2.24) is 0 Å². The van der Waals surface area contributed by atoms with Crippen molar-refractivity contribution in [3.8, 4) is 5.75 Å². The van der Waals surface area contributed by atoms with Crippen LogP contribution in [0.25, 0.3) is 0 Å². The van der Waals surface area contributed by atoms with Crippen molar-refractivity contribution in [2.24, 2.45) is 29.1 Å². The van der Waals surface area contributed by atoms with Gasteiger partial charge in [-0.2, -0.15) is 0 Å². The van der Waals surface area contributed by atoms with Gasteiger partial charge in [-0.1, -0.05) is 12.2 Å². The maximum absolute atomic E-state index is 13.1. The molecule has 1 heterocycles. The predicted octanol–water partition coefficient (Wildman–Crippen LogP) is 2.22. The molecule has 5 rings (SSSR count). The number of nitrogens with zero attached hydrogens (tertiary/aromatic N) is 2. The molecule has 4 aliphatic rings. The molecule has 3 fully saturated rings. The van der Waals surface area contributed by atoms with Gasteiger partial charge < -0.3 is 4.74 Å². The predicted molar refractivity (Wildman–Crippen MR) is 91.7 cm³/mol. The van der Waals surface area contributed by atoms with Crippen molar-refractivity contribution in [3.05, 3.63) is 40.5 Å². The van der Waals surface area contributed by atoms with E-state index in [4.69, 9.17) is 4.74 Å². The Bertz CT molecular complexity index is 929. The van der Waals surface area contributed by atoms with Crippen LogP contribution in [0.3, 0.4) is 0 Å². The lowest BCUT2D eigenvalue weighted by Crippen LogP contribution is -2.34. The van der Waals surface area contributed by atoms with E-state index in [1.807, 2.05) is 0 Å². The van der Waals surface area contributed by atoms with E-state index >= 15 is 0 Å². The average molecular weight is 368 g/mol. The zero-order chi connectivity index (χ0) is 19.1. The van der Waals surface area contributed by atoms with Crippen LogP contribution in [0.15, 0.2) is 30.4 Å².